The number of halogens is 1. The van der Waals surface area contributed by atoms with Crippen LogP contribution in [0.25, 0.3) is 10.9 Å². The van der Waals surface area contributed by atoms with E-state index in [2.05, 4.69) is 4.98 Å². The maximum atomic E-state index is 14.0. The molecule has 106 valence electrons. The van der Waals surface area contributed by atoms with Gasteiger partial charge in [0.05, 0.1) is 5.52 Å². The van der Waals surface area contributed by atoms with Gasteiger partial charge in [-0.15, -0.1) is 0 Å². The smallest absolute Gasteiger partial charge is 0.167 e. The lowest BCUT2D eigenvalue weighted by atomic mass is 10.1. The van der Waals surface area contributed by atoms with Gasteiger partial charge < -0.3 is 4.74 Å². The molecule has 0 bridgehead atoms. The summed E-state index contributed by atoms with van der Waals surface area (Å²) in [5, 5.41) is 1.04. The molecule has 0 N–H and O–H groups in total. The molecule has 1 heterocycles. The summed E-state index contributed by atoms with van der Waals surface area (Å²) in [5.41, 5.74) is 3.46. The minimum Gasteiger partial charge on any atom is -0.486 e. The van der Waals surface area contributed by atoms with Crippen LogP contribution in [-0.4, -0.2) is 4.98 Å². The predicted molar refractivity (Wildman–Crippen MR) is 81.9 cm³/mol. The highest BCUT2D eigenvalue weighted by molar-refractivity contribution is 5.82. The van der Waals surface area contributed by atoms with E-state index in [1.807, 2.05) is 37.3 Å². The van der Waals surface area contributed by atoms with Crippen molar-refractivity contribution in [1.82, 2.24) is 4.98 Å². The van der Waals surface area contributed by atoms with E-state index in [0.29, 0.717) is 12.2 Å². The first-order valence-electron chi connectivity index (χ1n) is 6.88. The summed E-state index contributed by atoms with van der Waals surface area (Å²) >= 11 is 0. The second kappa shape index (κ2) is 5.52. The van der Waals surface area contributed by atoms with Gasteiger partial charge in [0.15, 0.2) is 11.6 Å². The second-order valence-electron chi connectivity index (χ2n) is 5.12. The van der Waals surface area contributed by atoms with Crippen LogP contribution in [0.3, 0.4) is 0 Å². The van der Waals surface area contributed by atoms with Gasteiger partial charge in [-0.05, 0) is 37.6 Å². The molecule has 0 spiro atoms. The van der Waals surface area contributed by atoms with Gasteiger partial charge in [-0.3, -0.25) is 4.98 Å². The van der Waals surface area contributed by atoms with Crippen LogP contribution >= 0.6 is 0 Å². The predicted octanol–water partition coefficient (Wildman–Crippen LogP) is 4.57. The monoisotopic (exact) mass is 281 g/mol. The zero-order chi connectivity index (χ0) is 14.8. The molecule has 0 aliphatic carbocycles. The van der Waals surface area contributed by atoms with E-state index in [-0.39, 0.29) is 11.6 Å². The van der Waals surface area contributed by atoms with Crippen molar-refractivity contribution in [2.75, 3.05) is 0 Å². The van der Waals surface area contributed by atoms with E-state index in [9.17, 15) is 4.39 Å². The van der Waals surface area contributed by atoms with Crippen molar-refractivity contribution in [3.05, 3.63) is 71.2 Å². The molecule has 0 fully saturated rings. The van der Waals surface area contributed by atoms with Crippen molar-refractivity contribution in [1.29, 1.82) is 0 Å². The van der Waals surface area contributed by atoms with Crippen molar-refractivity contribution >= 4 is 10.9 Å². The summed E-state index contributed by atoms with van der Waals surface area (Å²) in [6, 6.07) is 15.1. The Bertz CT molecular complexity index is 798. The standard InChI is InChI=1S/C18H16FNO/c1-12-6-5-9-17(18(12)19)21-11-14-10-13(2)20-16-8-4-3-7-15(14)16/h3-10H,11H2,1-2H3. The molecular weight excluding hydrogens is 265 g/mol. The van der Waals surface area contributed by atoms with Gasteiger partial charge in [-0.25, -0.2) is 4.39 Å². The van der Waals surface area contributed by atoms with Crippen LogP contribution in [0.5, 0.6) is 5.75 Å². The van der Waals surface area contributed by atoms with Gasteiger partial charge >= 0.3 is 0 Å². The largest absolute Gasteiger partial charge is 0.486 e. The average Bonchev–Trinajstić information content (AvgIpc) is 2.48. The molecule has 0 saturated carbocycles. The molecule has 0 unspecified atom stereocenters. The zero-order valence-corrected chi connectivity index (χ0v) is 12.1. The van der Waals surface area contributed by atoms with Crippen molar-refractivity contribution in [3.8, 4) is 5.75 Å². The molecule has 0 aliphatic rings. The van der Waals surface area contributed by atoms with Gasteiger partial charge in [-0.1, -0.05) is 30.3 Å². The molecule has 3 heteroatoms. The Balaban J connectivity index is 1.93. The van der Waals surface area contributed by atoms with Gasteiger partial charge in [0, 0.05) is 16.6 Å². The van der Waals surface area contributed by atoms with Crippen LogP contribution in [0.15, 0.2) is 48.5 Å². The van der Waals surface area contributed by atoms with E-state index in [1.54, 1.807) is 25.1 Å². The maximum Gasteiger partial charge on any atom is 0.167 e. The minimum atomic E-state index is -0.299. The highest BCUT2D eigenvalue weighted by Gasteiger charge is 2.08. The van der Waals surface area contributed by atoms with Crippen LogP contribution in [0.1, 0.15) is 16.8 Å². The fourth-order valence-electron chi connectivity index (χ4n) is 2.40. The third kappa shape index (κ3) is 2.72. The number of hydrogen-bond donors (Lipinski definition) is 0. The molecule has 1 aromatic heterocycles. The number of pyridine rings is 1. The molecule has 0 radical (unpaired) electrons. The Morgan fingerprint density at radius 2 is 1.86 bits per heavy atom. The number of para-hydroxylation sites is 1. The molecule has 3 aromatic rings. The molecule has 0 saturated heterocycles. The highest BCUT2D eigenvalue weighted by atomic mass is 19.1. The summed E-state index contributed by atoms with van der Waals surface area (Å²) in [7, 11) is 0. The first-order valence-corrected chi connectivity index (χ1v) is 6.88. The van der Waals surface area contributed by atoms with E-state index in [0.717, 1.165) is 22.2 Å². The molecular formula is C18H16FNO. The van der Waals surface area contributed by atoms with Crippen molar-refractivity contribution in [2.24, 2.45) is 0 Å². The number of rotatable bonds is 3. The summed E-state index contributed by atoms with van der Waals surface area (Å²) < 4.78 is 19.6. The normalized spacial score (nSPS) is 10.8. The SMILES string of the molecule is Cc1cc(COc2cccc(C)c2F)c2ccccc2n1. The number of nitrogens with zero attached hydrogens (tertiary/aromatic N) is 1. The van der Waals surface area contributed by atoms with E-state index in [1.165, 1.54) is 0 Å². The van der Waals surface area contributed by atoms with Crippen molar-refractivity contribution in [2.45, 2.75) is 20.5 Å². The minimum absolute atomic E-state index is 0.286. The Morgan fingerprint density at radius 1 is 1.05 bits per heavy atom. The van der Waals surface area contributed by atoms with Gasteiger partial charge in [0.1, 0.15) is 6.61 Å². The number of benzene rings is 2. The summed E-state index contributed by atoms with van der Waals surface area (Å²) in [6.45, 7) is 4.00. The molecule has 21 heavy (non-hydrogen) atoms. The third-order valence-electron chi connectivity index (χ3n) is 3.47. The molecule has 3 rings (SSSR count). The molecule has 0 atom stereocenters. The van der Waals surface area contributed by atoms with Gasteiger partial charge in [-0.2, -0.15) is 0 Å². The quantitative estimate of drug-likeness (QED) is 0.701. The summed E-state index contributed by atoms with van der Waals surface area (Å²) in [4.78, 5) is 4.49. The first kappa shape index (κ1) is 13.6. The Morgan fingerprint density at radius 3 is 2.71 bits per heavy atom. The fourth-order valence-corrected chi connectivity index (χ4v) is 2.40. The van der Waals surface area contributed by atoms with Crippen molar-refractivity contribution in [3.63, 3.8) is 0 Å². The number of fused-ring (bicyclic) bond motifs is 1. The van der Waals surface area contributed by atoms with E-state index in [4.69, 9.17) is 4.74 Å². The van der Waals surface area contributed by atoms with Crippen LogP contribution in [0.2, 0.25) is 0 Å². The van der Waals surface area contributed by atoms with Crippen LogP contribution in [0, 0.1) is 19.7 Å². The fraction of sp³-hybridized carbons (Fsp3) is 0.167. The third-order valence-corrected chi connectivity index (χ3v) is 3.47. The number of aryl methyl sites for hydroxylation is 2. The van der Waals surface area contributed by atoms with Crippen LogP contribution < -0.4 is 4.74 Å². The average molecular weight is 281 g/mol. The van der Waals surface area contributed by atoms with Gasteiger partial charge in [0.25, 0.3) is 0 Å². The van der Waals surface area contributed by atoms with E-state index >= 15 is 0 Å². The Kier molecular flexibility index (Phi) is 3.57. The molecule has 2 nitrogen and oxygen atoms in total. The Hall–Kier alpha value is -2.42. The maximum absolute atomic E-state index is 14.0. The molecule has 0 amide bonds. The number of hydrogen-bond acceptors (Lipinski definition) is 2. The van der Waals surface area contributed by atoms with Crippen LogP contribution in [0.4, 0.5) is 4.39 Å². The summed E-state index contributed by atoms with van der Waals surface area (Å²) in [5.74, 6) is -0.0128. The summed E-state index contributed by atoms with van der Waals surface area (Å²) in [6.07, 6.45) is 0. The Labute approximate surface area is 123 Å². The molecule has 2 aromatic carbocycles. The van der Waals surface area contributed by atoms with Gasteiger partial charge in [0.2, 0.25) is 0 Å². The van der Waals surface area contributed by atoms with E-state index < -0.39 is 0 Å². The second-order valence-corrected chi connectivity index (χ2v) is 5.12. The number of aromatic nitrogens is 1. The van der Waals surface area contributed by atoms with Crippen LogP contribution in [-0.2, 0) is 6.61 Å². The lowest BCUT2D eigenvalue weighted by Gasteiger charge is -2.11. The number of ether oxygens (including phenoxy) is 1. The highest BCUT2D eigenvalue weighted by Crippen LogP contribution is 2.23. The lowest BCUT2D eigenvalue weighted by molar-refractivity contribution is 0.291. The molecule has 0 aliphatic heterocycles. The first-order chi connectivity index (χ1) is 10.1. The topological polar surface area (TPSA) is 22.1 Å². The van der Waals surface area contributed by atoms with Crippen molar-refractivity contribution < 1.29 is 9.13 Å². The lowest BCUT2D eigenvalue weighted by Crippen LogP contribution is -2.00. The zero-order valence-electron chi connectivity index (χ0n) is 12.1.